The molecule has 1 aliphatic carbocycles. The molecule has 2 rings (SSSR count). The maximum atomic E-state index is 12.0. The fourth-order valence-corrected chi connectivity index (χ4v) is 4.77. The lowest BCUT2D eigenvalue weighted by atomic mass is 10.3. The van der Waals surface area contributed by atoms with Crippen LogP contribution < -0.4 is 0 Å². The van der Waals surface area contributed by atoms with E-state index in [1.54, 1.807) is 0 Å². The van der Waals surface area contributed by atoms with E-state index in [2.05, 4.69) is 0 Å². The van der Waals surface area contributed by atoms with Gasteiger partial charge in [-0.25, -0.2) is 12.6 Å². The Morgan fingerprint density at radius 1 is 1.19 bits per heavy atom. The van der Waals surface area contributed by atoms with Gasteiger partial charge in [-0.05, 0) is 26.2 Å². The summed E-state index contributed by atoms with van der Waals surface area (Å²) in [5.41, 5.74) is 0. The summed E-state index contributed by atoms with van der Waals surface area (Å²) in [6.45, 7) is 2.38. The Hall–Kier alpha value is -0.180. The van der Waals surface area contributed by atoms with Crippen LogP contribution in [0.25, 0.3) is 0 Å². The zero-order valence-electron chi connectivity index (χ0n) is 9.05. The van der Waals surface area contributed by atoms with Gasteiger partial charge in [0.05, 0.1) is 5.75 Å². The van der Waals surface area contributed by atoms with Crippen LogP contribution in [-0.2, 0) is 24.3 Å². The Kier molecular flexibility index (Phi) is 2.81. The third kappa shape index (κ3) is 1.87. The standard InChI is InChI=1S/C8H15NO5S2/c1-2-15(10,11)14-8(4-5-8)16(12,13)9-6-3-7-9/h2-7H2,1H3. The summed E-state index contributed by atoms with van der Waals surface area (Å²) in [6, 6.07) is 0. The first-order chi connectivity index (χ1) is 7.33. The molecule has 1 saturated carbocycles. The highest BCUT2D eigenvalue weighted by atomic mass is 32.2. The predicted octanol–water partition coefficient (Wildman–Crippen LogP) is -0.122. The normalized spacial score (nSPS) is 25.1. The first kappa shape index (κ1) is 12.3. The van der Waals surface area contributed by atoms with Gasteiger partial charge < -0.3 is 0 Å². The van der Waals surface area contributed by atoms with Crippen LogP contribution in [0.4, 0.5) is 0 Å². The monoisotopic (exact) mass is 269 g/mol. The minimum atomic E-state index is -3.72. The van der Waals surface area contributed by atoms with Gasteiger partial charge in [0.15, 0.2) is 0 Å². The van der Waals surface area contributed by atoms with Crippen molar-refractivity contribution in [3.63, 3.8) is 0 Å². The maximum absolute atomic E-state index is 12.0. The van der Waals surface area contributed by atoms with E-state index in [-0.39, 0.29) is 18.6 Å². The summed E-state index contributed by atoms with van der Waals surface area (Å²) in [7, 11) is -7.32. The minimum Gasteiger partial charge on any atom is -0.246 e. The molecule has 0 N–H and O–H groups in total. The molecule has 1 aliphatic heterocycles. The average molecular weight is 269 g/mol. The third-order valence-corrected chi connectivity index (χ3v) is 6.78. The lowest BCUT2D eigenvalue weighted by Gasteiger charge is -2.33. The molecule has 0 unspecified atom stereocenters. The Balaban J connectivity index is 2.20. The molecule has 0 aromatic carbocycles. The van der Waals surface area contributed by atoms with Crippen LogP contribution in [-0.4, -0.2) is 44.9 Å². The van der Waals surface area contributed by atoms with Gasteiger partial charge in [-0.15, -0.1) is 0 Å². The quantitative estimate of drug-likeness (QED) is 0.650. The topological polar surface area (TPSA) is 80.8 Å². The average Bonchev–Trinajstić information content (AvgIpc) is 2.81. The molecule has 0 aromatic rings. The number of hydrogen-bond donors (Lipinski definition) is 0. The van der Waals surface area contributed by atoms with Crippen molar-refractivity contribution in [3.8, 4) is 0 Å². The first-order valence-electron chi connectivity index (χ1n) is 5.26. The van der Waals surface area contributed by atoms with E-state index >= 15 is 0 Å². The van der Waals surface area contributed by atoms with Crippen molar-refractivity contribution in [3.05, 3.63) is 0 Å². The predicted molar refractivity (Wildman–Crippen MR) is 57.6 cm³/mol. The van der Waals surface area contributed by atoms with E-state index in [0.29, 0.717) is 13.1 Å². The summed E-state index contributed by atoms with van der Waals surface area (Å²) in [5, 5.41) is 0. The lowest BCUT2D eigenvalue weighted by molar-refractivity contribution is 0.228. The summed E-state index contributed by atoms with van der Waals surface area (Å²) in [4.78, 5) is -1.48. The molecule has 0 radical (unpaired) electrons. The molecule has 0 bridgehead atoms. The van der Waals surface area contributed by atoms with Gasteiger partial charge in [0.1, 0.15) is 0 Å². The number of sulfonamides is 1. The van der Waals surface area contributed by atoms with Gasteiger partial charge in [0.25, 0.3) is 10.1 Å². The van der Waals surface area contributed by atoms with Crippen molar-refractivity contribution in [2.75, 3.05) is 18.8 Å². The van der Waals surface area contributed by atoms with Crippen molar-refractivity contribution >= 4 is 20.1 Å². The molecule has 1 heterocycles. The molecule has 2 fully saturated rings. The Morgan fingerprint density at radius 3 is 2.06 bits per heavy atom. The molecule has 1 saturated heterocycles. The van der Waals surface area contributed by atoms with Crippen LogP contribution in [0.15, 0.2) is 0 Å². The summed E-state index contributed by atoms with van der Waals surface area (Å²) < 4.78 is 52.9. The maximum Gasteiger partial charge on any atom is 0.268 e. The van der Waals surface area contributed by atoms with E-state index in [4.69, 9.17) is 4.18 Å². The van der Waals surface area contributed by atoms with Crippen LogP contribution in [0.1, 0.15) is 26.2 Å². The van der Waals surface area contributed by atoms with Gasteiger partial charge in [-0.3, -0.25) is 0 Å². The van der Waals surface area contributed by atoms with E-state index in [1.807, 2.05) is 0 Å². The molecule has 0 atom stereocenters. The number of hydrogen-bond acceptors (Lipinski definition) is 5. The SMILES string of the molecule is CCS(=O)(=O)OC1(S(=O)(=O)N2CCC2)CC1. The minimum absolute atomic E-state index is 0.204. The third-order valence-electron chi connectivity index (χ3n) is 2.92. The van der Waals surface area contributed by atoms with Crippen molar-refractivity contribution in [1.82, 2.24) is 4.31 Å². The van der Waals surface area contributed by atoms with Gasteiger partial charge in [0, 0.05) is 13.1 Å². The van der Waals surface area contributed by atoms with Crippen LogP contribution in [0, 0.1) is 0 Å². The Morgan fingerprint density at radius 2 is 1.75 bits per heavy atom. The van der Waals surface area contributed by atoms with Gasteiger partial charge in [-0.2, -0.15) is 12.7 Å². The highest BCUT2D eigenvalue weighted by Crippen LogP contribution is 2.48. The van der Waals surface area contributed by atoms with E-state index in [0.717, 1.165) is 6.42 Å². The Labute approximate surface area is 95.8 Å². The highest BCUT2D eigenvalue weighted by molar-refractivity contribution is 7.92. The zero-order valence-corrected chi connectivity index (χ0v) is 10.7. The van der Waals surface area contributed by atoms with Crippen molar-refractivity contribution < 1.29 is 21.0 Å². The van der Waals surface area contributed by atoms with Crippen molar-refractivity contribution in [1.29, 1.82) is 0 Å². The fourth-order valence-electron chi connectivity index (χ4n) is 1.54. The second-order valence-corrected chi connectivity index (χ2v) is 8.17. The second-order valence-electron chi connectivity index (χ2n) is 4.10. The highest BCUT2D eigenvalue weighted by Gasteiger charge is 2.61. The van der Waals surface area contributed by atoms with Gasteiger partial charge >= 0.3 is 0 Å². The Bertz CT molecular complexity index is 473. The lowest BCUT2D eigenvalue weighted by Crippen LogP contribution is -2.49. The molecule has 16 heavy (non-hydrogen) atoms. The van der Waals surface area contributed by atoms with Crippen molar-refractivity contribution in [2.24, 2.45) is 0 Å². The fraction of sp³-hybridized carbons (Fsp3) is 1.00. The molecule has 94 valence electrons. The molecule has 8 heteroatoms. The molecule has 6 nitrogen and oxygen atoms in total. The summed E-state index contributed by atoms with van der Waals surface area (Å²) in [5.74, 6) is -0.204. The van der Waals surface area contributed by atoms with Gasteiger partial charge in [-0.1, -0.05) is 0 Å². The first-order valence-corrected chi connectivity index (χ1v) is 8.28. The summed E-state index contributed by atoms with van der Waals surface area (Å²) in [6.07, 6.45) is 1.37. The molecule has 0 spiro atoms. The molecular weight excluding hydrogens is 254 g/mol. The van der Waals surface area contributed by atoms with Crippen LogP contribution in [0.2, 0.25) is 0 Å². The van der Waals surface area contributed by atoms with Crippen LogP contribution in [0.3, 0.4) is 0 Å². The largest absolute Gasteiger partial charge is 0.268 e. The van der Waals surface area contributed by atoms with Gasteiger partial charge in [0.2, 0.25) is 15.0 Å². The molecule has 0 aromatic heterocycles. The molecule has 0 amide bonds. The zero-order chi connectivity index (χ0) is 12.0. The number of rotatable bonds is 5. The van der Waals surface area contributed by atoms with Crippen molar-refractivity contribution in [2.45, 2.75) is 31.1 Å². The molecule has 2 aliphatic rings. The smallest absolute Gasteiger partial charge is 0.246 e. The van der Waals surface area contributed by atoms with E-state index in [9.17, 15) is 16.8 Å². The van der Waals surface area contributed by atoms with Crippen LogP contribution >= 0.6 is 0 Å². The van der Waals surface area contributed by atoms with E-state index < -0.39 is 25.1 Å². The second kappa shape index (κ2) is 3.66. The van der Waals surface area contributed by atoms with E-state index in [1.165, 1.54) is 11.2 Å². The molecular formula is C8H15NO5S2. The number of nitrogens with zero attached hydrogens (tertiary/aromatic N) is 1. The summed E-state index contributed by atoms with van der Waals surface area (Å²) >= 11 is 0. The van der Waals surface area contributed by atoms with Crippen LogP contribution in [0.5, 0.6) is 0 Å².